The standard InChI is InChI=1S/C21H25Cl3N2OS.2C4H4O4/c1-15(26-9-7-25(8-10-26)11-12-27-2)18-13-16(22)3-6-21(18)28-17-4-5-19(23)20(24)14-17;2*5-3(6)1-2-4(7)8/h3-6,13-15H,7-12H2,1-2H3;2*1-2H,(H,5,6)(H,7,8)/b;2*2-1-. The van der Waals surface area contributed by atoms with E-state index >= 15 is 0 Å². The second kappa shape index (κ2) is 20.8. The van der Waals surface area contributed by atoms with E-state index in [0.717, 1.165) is 49.2 Å². The Labute approximate surface area is 274 Å². The minimum absolute atomic E-state index is 0.286. The minimum atomic E-state index is -1.26. The molecule has 1 atom stereocenters. The maximum Gasteiger partial charge on any atom is 0.328 e. The number of ether oxygens (including phenoxy) is 1. The highest BCUT2D eigenvalue weighted by Crippen LogP contribution is 2.38. The molecule has 0 aliphatic carbocycles. The zero-order valence-electron chi connectivity index (χ0n) is 23.9. The van der Waals surface area contributed by atoms with Gasteiger partial charge in [0.15, 0.2) is 0 Å². The fourth-order valence-electron chi connectivity index (χ4n) is 3.68. The van der Waals surface area contributed by atoms with Crippen molar-refractivity contribution in [3.8, 4) is 0 Å². The van der Waals surface area contributed by atoms with E-state index in [4.69, 9.17) is 60.0 Å². The van der Waals surface area contributed by atoms with Crippen molar-refractivity contribution < 1.29 is 44.3 Å². The Kier molecular flexibility index (Phi) is 18.4. The largest absolute Gasteiger partial charge is 0.478 e. The number of halogens is 3. The number of methoxy groups -OCH3 is 1. The molecule has 1 aliphatic heterocycles. The van der Waals surface area contributed by atoms with Crippen molar-refractivity contribution in [1.29, 1.82) is 0 Å². The minimum Gasteiger partial charge on any atom is -0.478 e. The van der Waals surface area contributed by atoms with Crippen LogP contribution in [0.5, 0.6) is 0 Å². The molecular formula is C29H33Cl3N2O9S. The van der Waals surface area contributed by atoms with E-state index in [1.54, 1.807) is 18.9 Å². The van der Waals surface area contributed by atoms with E-state index in [2.05, 4.69) is 28.9 Å². The summed E-state index contributed by atoms with van der Waals surface area (Å²) in [5.41, 5.74) is 1.24. The smallest absolute Gasteiger partial charge is 0.328 e. The average Bonchev–Trinajstić information content (AvgIpc) is 2.97. The molecule has 3 rings (SSSR count). The third-order valence-electron chi connectivity index (χ3n) is 5.84. The van der Waals surface area contributed by atoms with Gasteiger partial charge in [-0.2, -0.15) is 0 Å². The molecule has 15 heteroatoms. The van der Waals surface area contributed by atoms with Gasteiger partial charge in [0.2, 0.25) is 0 Å². The summed E-state index contributed by atoms with van der Waals surface area (Å²) in [5, 5.41) is 33.2. The molecule has 0 bridgehead atoms. The van der Waals surface area contributed by atoms with Crippen molar-refractivity contribution in [2.75, 3.05) is 46.4 Å². The van der Waals surface area contributed by atoms with Gasteiger partial charge in [0.1, 0.15) is 0 Å². The van der Waals surface area contributed by atoms with Gasteiger partial charge in [-0.3, -0.25) is 9.80 Å². The molecule has 1 aliphatic rings. The zero-order valence-corrected chi connectivity index (χ0v) is 26.9. The van der Waals surface area contributed by atoms with Crippen LogP contribution in [0.25, 0.3) is 0 Å². The molecule has 0 radical (unpaired) electrons. The Hall–Kier alpha value is -3.10. The number of piperazine rings is 1. The molecular weight excluding hydrogens is 659 g/mol. The Morgan fingerprint density at radius 2 is 1.34 bits per heavy atom. The first-order chi connectivity index (χ1) is 20.7. The van der Waals surface area contributed by atoms with Crippen molar-refractivity contribution in [3.05, 3.63) is 81.3 Å². The predicted octanol–water partition coefficient (Wildman–Crippen LogP) is 5.55. The molecule has 0 aromatic heterocycles. The second-order valence-corrected chi connectivity index (χ2v) is 11.3. The molecule has 44 heavy (non-hydrogen) atoms. The molecule has 1 fully saturated rings. The highest BCUT2D eigenvalue weighted by molar-refractivity contribution is 7.99. The molecule has 0 amide bonds. The Balaban J connectivity index is 0.000000498. The van der Waals surface area contributed by atoms with Crippen molar-refractivity contribution in [2.45, 2.75) is 22.8 Å². The van der Waals surface area contributed by atoms with Crippen LogP contribution >= 0.6 is 46.6 Å². The van der Waals surface area contributed by atoms with Gasteiger partial charge < -0.3 is 25.2 Å². The van der Waals surface area contributed by atoms with E-state index in [1.165, 1.54) is 10.5 Å². The third kappa shape index (κ3) is 16.1. The van der Waals surface area contributed by atoms with Gasteiger partial charge in [0.25, 0.3) is 0 Å². The first-order valence-corrected chi connectivity index (χ1v) is 14.8. The van der Waals surface area contributed by atoms with Crippen LogP contribution in [0.1, 0.15) is 18.5 Å². The number of carbonyl (C=O) groups is 4. The molecule has 240 valence electrons. The van der Waals surface area contributed by atoms with Crippen LogP contribution < -0.4 is 0 Å². The lowest BCUT2D eigenvalue weighted by Crippen LogP contribution is -2.47. The summed E-state index contributed by atoms with van der Waals surface area (Å²) in [6.45, 7) is 8.23. The summed E-state index contributed by atoms with van der Waals surface area (Å²) in [7, 11) is 1.75. The fourth-order valence-corrected chi connectivity index (χ4v) is 5.28. The molecule has 1 heterocycles. The normalized spacial score (nSPS) is 14.3. The number of carboxylic acids is 4. The number of aliphatic carboxylic acids is 4. The van der Waals surface area contributed by atoms with Gasteiger partial charge >= 0.3 is 23.9 Å². The van der Waals surface area contributed by atoms with E-state index < -0.39 is 23.9 Å². The first kappa shape index (κ1) is 38.9. The van der Waals surface area contributed by atoms with Crippen LogP contribution in [0.3, 0.4) is 0 Å². The van der Waals surface area contributed by atoms with E-state index in [9.17, 15) is 19.2 Å². The monoisotopic (exact) mass is 690 g/mol. The Morgan fingerprint density at radius 3 is 1.80 bits per heavy atom. The van der Waals surface area contributed by atoms with E-state index in [1.807, 2.05) is 24.3 Å². The fraction of sp³-hybridized carbons (Fsp3) is 0.310. The maximum absolute atomic E-state index is 9.55. The maximum atomic E-state index is 9.55. The molecule has 0 saturated carbocycles. The average molecular weight is 692 g/mol. The summed E-state index contributed by atoms with van der Waals surface area (Å²) in [4.78, 5) is 45.4. The summed E-state index contributed by atoms with van der Waals surface area (Å²) in [5.74, 6) is -5.03. The number of rotatable bonds is 11. The summed E-state index contributed by atoms with van der Waals surface area (Å²) in [6.07, 6.45) is 2.23. The number of benzene rings is 2. The Morgan fingerprint density at radius 1 is 0.818 bits per heavy atom. The third-order valence-corrected chi connectivity index (χ3v) is 7.90. The lowest BCUT2D eigenvalue weighted by Gasteiger charge is -2.38. The number of carboxylic acid groups (broad SMARTS) is 4. The van der Waals surface area contributed by atoms with Crippen molar-refractivity contribution in [3.63, 3.8) is 0 Å². The second-order valence-electron chi connectivity index (χ2n) is 8.93. The molecule has 1 saturated heterocycles. The highest BCUT2D eigenvalue weighted by atomic mass is 35.5. The summed E-state index contributed by atoms with van der Waals surface area (Å²) in [6, 6.07) is 12.2. The van der Waals surface area contributed by atoms with Gasteiger partial charge in [-0.15, -0.1) is 0 Å². The Bertz CT molecular complexity index is 1270. The van der Waals surface area contributed by atoms with Gasteiger partial charge in [0, 0.05) is 85.0 Å². The van der Waals surface area contributed by atoms with Gasteiger partial charge in [-0.25, -0.2) is 19.2 Å². The van der Waals surface area contributed by atoms with Crippen LogP contribution in [0, 0.1) is 0 Å². The first-order valence-electron chi connectivity index (χ1n) is 12.9. The number of hydrogen-bond donors (Lipinski definition) is 4. The van der Waals surface area contributed by atoms with Crippen LogP contribution in [-0.2, 0) is 23.9 Å². The van der Waals surface area contributed by atoms with Crippen LogP contribution in [-0.4, -0.2) is 101 Å². The molecule has 1 unspecified atom stereocenters. The van der Waals surface area contributed by atoms with Crippen molar-refractivity contribution >= 4 is 70.4 Å². The predicted molar refractivity (Wildman–Crippen MR) is 169 cm³/mol. The van der Waals surface area contributed by atoms with Crippen LogP contribution in [0.15, 0.2) is 70.5 Å². The zero-order chi connectivity index (χ0) is 33.2. The molecule has 4 N–H and O–H groups in total. The van der Waals surface area contributed by atoms with Crippen molar-refractivity contribution in [1.82, 2.24) is 9.80 Å². The summed E-state index contributed by atoms with van der Waals surface area (Å²) >= 11 is 20.3. The van der Waals surface area contributed by atoms with Gasteiger partial charge in [0.05, 0.1) is 16.7 Å². The molecule has 2 aromatic carbocycles. The molecule has 11 nitrogen and oxygen atoms in total. The number of hydrogen-bond acceptors (Lipinski definition) is 8. The lowest BCUT2D eigenvalue weighted by atomic mass is 10.1. The lowest BCUT2D eigenvalue weighted by molar-refractivity contribution is -0.134. The summed E-state index contributed by atoms with van der Waals surface area (Å²) < 4.78 is 5.20. The highest BCUT2D eigenvalue weighted by Gasteiger charge is 2.24. The SMILES string of the molecule is COCCN1CCN(C(C)c2cc(Cl)ccc2Sc2ccc(Cl)c(Cl)c2)CC1.O=C(O)/C=C\C(=O)O.O=C(O)/C=C\C(=O)O. The topological polar surface area (TPSA) is 165 Å². The van der Waals surface area contributed by atoms with Gasteiger partial charge in [-0.1, -0.05) is 46.6 Å². The van der Waals surface area contributed by atoms with Crippen LogP contribution in [0.4, 0.5) is 0 Å². The quantitative estimate of drug-likeness (QED) is 0.218. The molecule has 2 aromatic rings. The molecule has 0 spiro atoms. The van der Waals surface area contributed by atoms with Crippen LogP contribution in [0.2, 0.25) is 15.1 Å². The van der Waals surface area contributed by atoms with Gasteiger partial charge in [-0.05, 0) is 48.9 Å². The van der Waals surface area contributed by atoms with E-state index in [-0.39, 0.29) is 6.04 Å². The number of nitrogens with zero attached hydrogens (tertiary/aromatic N) is 2. The van der Waals surface area contributed by atoms with E-state index in [0.29, 0.717) is 34.3 Å². The van der Waals surface area contributed by atoms with Crippen molar-refractivity contribution in [2.24, 2.45) is 0 Å².